The summed E-state index contributed by atoms with van der Waals surface area (Å²) in [6.45, 7) is 0. The summed E-state index contributed by atoms with van der Waals surface area (Å²) in [5, 5.41) is 2.37. The number of thiol groups is 1. The molecule has 56 valence electrons. The second kappa shape index (κ2) is 2.35. The van der Waals surface area contributed by atoms with Crippen molar-refractivity contribution in [3.05, 3.63) is 17.3 Å². The van der Waals surface area contributed by atoms with Crippen molar-refractivity contribution in [1.29, 1.82) is 0 Å². The molecule has 2 aromatic heterocycles. The number of hydrogen-bond acceptors (Lipinski definition) is 4. The summed E-state index contributed by atoms with van der Waals surface area (Å²) in [6, 6.07) is 0. The van der Waals surface area contributed by atoms with Crippen molar-refractivity contribution in [2.75, 3.05) is 0 Å². The fourth-order valence-corrected chi connectivity index (χ4v) is 1.95. The van der Waals surface area contributed by atoms with Crippen LogP contribution in [-0.4, -0.2) is 15.7 Å². The van der Waals surface area contributed by atoms with Gasteiger partial charge in [0.1, 0.15) is 10.7 Å². The van der Waals surface area contributed by atoms with Crippen molar-refractivity contribution in [3.8, 4) is 0 Å². The van der Waals surface area contributed by atoms with Gasteiger partial charge in [0.15, 0.2) is 11.2 Å². The number of aldehydes is 1. The highest BCUT2D eigenvalue weighted by atomic mass is 32.1. The van der Waals surface area contributed by atoms with E-state index in [1.165, 1.54) is 11.3 Å². The lowest BCUT2D eigenvalue weighted by molar-refractivity contribution is 0.111. The van der Waals surface area contributed by atoms with Crippen LogP contribution in [0.3, 0.4) is 0 Å². The van der Waals surface area contributed by atoms with Gasteiger partial charge in [-0.2, -0.15) is 0 Å². The number of hydrogen-bond donors (Lipinski definition) is 1. The van der Waals surface area contributed by atoms with Crippen LogP contribution in [0.2, 0.25) is 0 Å². The van der Waals surface area contributed by atoms with Gasteiger partial charge < -0.3 is 0 Å². The predicted octanol–water partition coefficient (Wildman–Crippen LogP) is 1.50. The Morgan fingerprint density at radius 2 is 2.55 bits per heavy atom. The molecule has 0 unspecified atom stereocenters. The molecule has 2 aromatic rings. The van der Waals surface area contributed by atoms with Gasteiger partial charge in [-0.25, -0.2) is 4.98 Å². The van der Waals surface area contributed by atoms with Crippen molar-refractivity contribution < 1.29 is 4.79 Å². The molecular weight excluding hydrogens is 180 g/mol. The minimum Gasteiger partial charge on any atom is -0.296 e. The molecule has 0 aliphatic rings. The van der Waals surface area contributed by atoms with Crippen molar-refractivity contribution in [2.45, 2.75) is 5.03 Å². The first kappa shape index (κ1) is 6.87. The summed E-state index contributed by atoms with van der Waals surface area (Å²) < 4.78 is 1.72. The summed E-state index contributed by atoms with van der Waals surface area (Å²) in [4.78, 5) is 15.4. The van der Waals surface area contributed by atoms with Gasteiger partial charge in [-0.1, -0.05) is 0 Å². The Morgan fingerprint density at radius 3 is 3.27 bits per heavy atom. The first-order chi connectivity index (χ1) is 5.33. The first-order valence-electron chi connectivity index (χ1n) is 2.92. The zero-order valence-electron chi connectivity index (χ0n) is 5.39. The maximum atomic E-state index is 10.5. The molecular formula is C6H4N2OS2. The number of carbonyl (C=O) groups excluding carboxylic acids is 1. The second-order valence-corrected chi connectivity index (χ2v) is 3.29. The summed E-state index contributed by atoms with van der Waals surface area (Å²) in [5.41, 5.74) is 0.518. The Bertz CT molecular complexity index is 404. The van der Waals surface area contributed by atoms with Crippen LogP contribution in [0.4, 0.5) is 0 Å². The molecule has 0 spiro atoms. The fraction of sp³-hybridized carbons (Fsp3) is 0. The third-order valence-electron chi connectivity index (χ3n) is 1.39. The minimum atomic E-state index is 0.492. The Labute approximate surface area is 72.1 Å². The predicted molar refractivity (Wildman–Crippen MR) is 45.7 cm³/mol. The third-order valence-corrected chi connectivity index (χ3v) is 2.48. The molecule has 0 saturated heterocycles. The number of fused-ring (bicyclic) bond motifs is 1. The maximum absolute atomic E-state index is 10.5. The lowest BCUT2D eigenvalue weighted by Crippen LogP contribution is -1.85. The Morgan fingerprint density at radius 1 is 1.73 bits per heavy atom. The van der Waals surface area contributed by atoms with Crippen LogP contribution in [0, 0.1) is 0 Å². The molecule has 0 aromatic carbocycles. The summed E-state index contributed by atoms with van der Waals surface area (Å²) in [7, 11) is 0. The Kier molecular flexibility index (Phi) is 1.47. The number of imidazole rings is 1. The average Bonchev–Trinajstić information content (AvgIpc) is 2.46. The van der Waals surface area contributed by atoms with Gasteiger partial charge in [-0.15, -0.1) is 24.0 Å². The molecule has 0 N–H and O–H groups in total. The van der Waals surface area contributed by atoms with E-state index in [1.807, 2.05) is 5.38 Å². The van der Waals surface area contributed by atoms with Gasteiger partial charge >= 0.3 is 0 Å². The van der Waals surface area contributed by atoms with Crippen LogP contribution in [0.15, 0.2) is 16.6 Å². The molecule has 0 aliphatic carbocycles. The standard InChI is InChI=1S/C6H4N2OS2/c9-3-4-5(10)7-6-8(4)1-2-11-6/h1-3,10H. The van der Waals surface area contributed by atoms with E-state index in [-0.39, 0.29) is 0 Å². The Balaban J connectivity index is 2.90. The highest BCUT2D eigenvalue weighted by Gasteiger charge is 2.07. The zero-order valence-corrected chi connectivity index (χ0v) is 7.10. The topological polar surface area (TPSA) is 34.4 Å². The smallest absolute Gasteiger partial charge is 0.195 e. The van der Waals surface area contributed by atoms with Crippen molar-refractivity contribution in [2.24, 2.45) is 0 Å². The highest BCUT2D eigenvalue weighted by Crippen LogP contribution is 2.17. The molecule has 0 atom stereocenters. The average molecular weight is 184 g/mol. The Hall–Kier alpha value is -0.810. The molecule has 0 fully saturated rings. The molecule has 0 aliphatic heterocycles. The van der Waals surface area contributed by atoms with Crippen LogP contribution in [0.1, 0.15) is 10.5 Å². The minimum absolute atomic E-state index is 0.492. The van der Waals surface area contributed by atoms with E-state index in [2.05, 4.69) is 17.6 Å². The molecule has 0 saturated carbocycles. The fourth-order valence-electron chi connectivity index (χ4n) is 0.901. The molecule has 0 bridgehead atoms. The first-order valence-corrected chi connectivity index (χ1v) is 4.25. The van der Waals surface area contributed by atoms with E-state index < -0.39 is 0 Å². The summed E-state index contributed by atoms with van der Waals surface area (Å²) >= 11 is 5.53. The van der Waals surface area contributed by atoms with E-state index in [4.69, 9.17) is 0 Å². The molecule has 5 heteroatoms. The van der Waals surface area contributed by atoms with E-state index in [0.717, 1.165) is 11.2 Å². The van der Waals surface area contributed by atoms with E-state index >= 15 is 0 Å². The summed E-state index contributed by atoms with van der Waals surface area (Å²) in [6.07, 6.45) is 2.56. The highest BCUT2D eigenvalue weighted by molar-refractivity contribution is 7.80. The SMILES string of the molecule is O=Cc1c(S)nc2sccn12. The van der Waals surface area contributed by atoms with Crippen molar-refractivity contribution >= 4 is 35.2 Å². The normalized spacial score (nSPS) is 10.6. The van der Waals surface area contributed by atoms with Crippen LogP contribution in [-0.2, 0) is 0 Å². The van der Waals surface area contributed by atoms with Gasteiger partial charge in [-0.3, -0.25) is 9.20 Å². The monoisotopic (exact) mass is 184 g/mol. The number of aromatic nitrogens is 2. The van der Waals surface area contributed by atoms with Gasteiger partial charge in [-0.05, 0) is 0 Å². The van der Waals surface area contributed by atoms with Crippen molar-refractivity contribution in [1.82, 2.24) is 9.38 Å². The molecule has 11 heavy (non-hydrogen) atoms. The molecule has 2 heterocycles. The van der Waals surface area contributed by atoms with E-state index in [9.17, 15) is 4.79 Å². The van der Waals surface area contributed by atoms with Crippen molar-refractivity contribution in [3.63, 3.8) is 0 Å². The van der Waals surface area contributed by atoms with Crippen LogP contribution in [0.25, 0.3) is 4.96 Å². The molecule has 0 radical (unpaired) electrons. The third kappa shape index (κ3) is 0.883. The van der Waals surface area contributed by atoms with E-state index in [0.29, 0.717) is 10.7 Å². The molecule has 2 rings (SSSR count). The van der Waals surface area contributed by atoms with Crippen LogP contribution in [0.5, 0.6) is 0 Å². The second-order valence-electron chi connectivity index (χ2n) is 1.99. The quantitative estimate of drug-likeness (QED) is 0.538. The number of carbonyl (C=O) groups is 1. The lowest BCUT2D eigenvalue weighted by Gasteiger charge is -1.84. The maximum Gasteiger partial charge on any atom is 0.195 e. The van der Waals surface area contributed by atoms with Gasteiger partial charge in [0.2, 0.25) is 0 Å². The van der Waals surface area contributed by atoms with Crippen LogP contribution < -0.4 is 0 Å². The number of thiazole rings is 1. The molecule has 3 nitrogen and oxygen atoms in total. The van der Waals surface area contributed by atoms with Gasteiger partial charge in [0, 0.05) is 11.6 Å². The molecule has 0 amide bonds. The van der Waals surface area contributed by atoms with E-state index in [1.54, 1.807) is 10.6 Å². The largest absolute Gasteiger partial charge is 0.296 e. The zero-order chi connectivity index (χ0) is 7.84. The van der Waals surface area contributed by atoms with Gasteiger partial charge in [0.25, 0.3) is 0 Å². The number of rotatable bonds is 1. The van der Waals surface area contributed by atoms with Gasteiger partial charge in [0.05, 0.1) is 0 Å². The summed E-state index contributed by atoms with van der Waals surface area (Å²) in [5.74, 6) is 0. The number of nitrogens with zero attached hydrogens (tertiary/aromatic N) is 2. The lowest BCUT2D eigenvalue weighted by atomic mass is 10.5. The van der Waals surface area contributed by atoms with Crippen LogP contribution >= 0.6 is 24.0 Å².